The lowest BCUT2D eigenvalue weighted by molar-refractivity contribution is -0.118. The fraction of sp³-hybridized carbons (Fsp3) is 0.286. The number of fused-ring (bicyclic) bond motifs is 2. The Bertz CT molecular complexity index is 864. The van der Waals surface area contributed by atoms with Crippen LogP contribution in [0.4, 0.5) is 4.39 Å². The number of piperidine rings is 1. The van der Waals surface area contributed by atoms with E-state index in [0.29, 0.717) is 0 Å². The smallest absolute Gasteiger partial charge is 0.247 e. The van der Waals surface area contributed by atoms with E-state index in [9.17, 15) is 9.18 Å². The molecule has 1 heterocycles. The van der Waals surface area contributed by atoms with Crippen LogP contribution in [0.5, 0.6) is 0 Å². The lowest BCUT2D eigenvalue weighted by Crippen LogP contribution is -2.39. The highest BCUT2D eigenvalue weighted by Gasteiger charge is 2.33. The van der Waals surface area contributed by atoms with Gasteiger partial charge in [-0.3, -0.25) is 4.79 Å². The van der Waals surface area contributed by atoms with Gasteiger partial charge >= 0.3 is 0 Å². The van der Waals surface area contributed by atoms with E-state index in [2.05, 4.69) is 17.4 Å². The Balaban J connectivity index is 1.93. The number of carbonyl (C=O) groups excluding carboxylic acids is 1. The maximum atomic E-state index is 14.3. The third kappa shape index (κ3) is 2.35. The van der Waals surface area contributed by atoms with E-state index < -0.39 is 0 Å². The zero-order valence-electron chi connectivity index (χ0n) is 13.9. The van der Waals surface area contributed by atoms with E-state index in [1.54, 1.807) is 12.1 Å². The Kier molecular flexibility index (Phi) is 3.52. The summed E-state index contributed by atoms with van der Waals surface area (Å²) in [5.74, 6) is -0.00426. The fourth-order valence-electron chi connectivity index (χ4n) is 4.04. The zero-order chi connectivity index (χ0) is 16.8. The summed E-state index contributed by atoms with van der Waals surface area (Å²) < 4.78 is 14.3. The van der Waals surface area contributed by atoms with Crippen LogP contribution in [0, 0.1) is 18.7 Å². The van der Waals surface area contributed by atoms with Crippen molar-refractivity contribution in [3.05, 3.63) is 64.5 Å². The number of amides is 1. The minimum atomic E-state index is -0.251. The molecule has 24 heavy (non-hydrogen) atoms. The van der Waals surface area contributed by atoms with Crippen molar-refractivity contribution in [3.8, 4) is 11.1 Å². The molecule has 0 bridgehead atoms. The van der Waals surface area contributed by atoms with Crippen molar-refractivity contribution in [2.45, 2.75) is 26.7 Å². The first-order valence-corrected chi connectivity index (χ1v) is 8.43. The number of benzene rings is 2. The number of halogens is 1. The number of rotatable bonds is 1. The first-order valence-electron chi connectivity index (χ1n) is 8.43. The lowest BCUT2D eigenvalue weighted by atomic mass is 9.74. The van der Waals surface area contributed by atoms with Crippen LogP contribution in [0.25, 0.3) is 16.7 Å². The Morgan fingerprint density at radius 2 is 1.79 bits per heavy atom. The van der Waals surface area contributed by atoms with E-state index in [1.807, 2.05) is 26.0 Å². The molecule has 1 atom stereocenters. The molecule has 3 heteroatoms. The quantitative estimate of drug-likeness (QED) is 0.835. The molecule has 2 aliphatic rings. The summed E-state index contributed by atoms with van der Waals surface area (Å²) in [4.78, 5) is 12.3. The highest BCUT2D eigenvalue weighted by Crippen LogP contribution is 2.42. The summed E-state index contributed by atoms with van der Waals surface area (Å²) in [6, 6.07) is 11.4. The third-order valence-electron chi connectivity index (χ3n) is 5.27. The first-order chi connectivity index (χ1) is 11.5. The van der Waals surface area contributed by atoms with Crippen LogP contribution in [0.15, 0.2) is 42.0 Å². The van der Waals surface area contributed by atoms with Crippen LogP contribution in [0.1, 0.15) is 30.0 Å². The van der Waals surface area contributed by atoms with E-state index in [1.165, 1.54) is 11.1 Å². The molecular formula is C21H20FNO. The van der Waals surface area contributed by atoms with Gasteiger partial charge in [-0.15, -0.1) is 0 Å². The van der Waals surface area contributed by atoms with Gasteiger partial charge < -0.3 is 5.32 Å². The summed E-state index contributed by atoms with van der Waals surface area (Å²) >= 11 is 0. The molecule has 1 saturated heterocycles. The van der Waals surface area contributed by atoms with Gasteiger partial charge in [0.05, 0.1) is 0 Å². The second-order valence-electron chi connectivity index (χ2n) is 6.83. The second-order valence-corrected chi connectivity index (χ2v) is 6.83. The van der Waals surface area contributed by atoms with E-state index >= 15 is 0 Å². The predicted octanol–water partition coefficient (Wildman–Crippen LogP) is 4.27. The molecule has 2 nitrogen and oxygen atoms in total. The van der Waals surface area contributed by atoms with Gasteiger partial charge in [0.2, 0.25) is 5.91 Å². The molecule has 1 aliphatic heterocycles. The van der Waals surface area contributed by atoms with E-state index in [4.69, 9.17) is 0 Å². The molecule has 1 fully saturated rings. The molecule has 0 radical (unpaired) electrons. The van der Waals surface area contributed by atoms with Gasteiger partial charge in [-0.2, -0.15) is 0 Å². The lowest BCUT2D eigenvalue weighted by Gasteiger charge is -2.33. The van der Waals surface area contributed by atoms with E-state index in [0.717, 1.165) is 47.2 Å². The van der Waals surface area contributed by atoms with Crippen LogP contribution < -0.4 is 5.32 Å². The molecular weight excluding hydrogens is 301 g/mol. The summed E-state index contributed by atoms with van der Waals surface area (Å²) in [6.07, 6.45) is 1.75. The Morgan fingerprint density at radius 1 is 1.08 bits per heavy atom. The zero-order valence-corrected chi connectivity index (χ0v) is 13.9. The topological polar surface area (TPSA) is 29.1 Å². The van der Waals surface area contributed by atoms with Gasteiger partial charge in [-0.25, -0.2) is 4.39 Å². The molecule has 1 N–H and O–H groups in total. The summed E-state index contributed by atoms with van der Waals surface area (Å²) in [7, 11) is 0. The van der Waals surface area contributed by atoms with Crippen LogP contribution in [-0.4, -0.2) is 12.5 Å². The first kappa shape index (κ1) is 15.1. The molecule has 1 aliphatic carbocycles. The van der Waals surface area contributed by atoms with E-state index in [-0.39, 0.29) is 17.6 Å². The van der Waals surface area contributed by atoms with Gasteiger partial charge in [0.1, 0.15) is 5.82 Å². The Hall–Kier alpha value is -2.42. The van der Waals surface area contributed by atoms with Crippen molar-refractivity contribution in [2.24, 2.45) is 5.92 Å². The molecule has 2 aromatic rings. The third-order valence-corrected chi connectivity index (χ3v) is 5.27. The molecule has 1 amide bonds. The number of hydrogen-bond donors (Lipinski definition) is 1. The molecule has 1 unspecified atom stereocenters. The maximum Gasteiger partial charge on any atom is 0.247 e. The van der Waals surface area contributed by atoms with Crippen LogP contribution in [0.2, 0.25) is 0 Å². The number of hydrogen-bond acceptors (Lipinski definition) is 1. The largest absolute Gasteiger partial charge is 0.352 e. The molecule has 122 valence electrons. The highest BCUT2D eigenvalue weighted by molar-refractivity contribution is 6.03. The summed E-state index contributed by atoms with van der Waals surface area (Å²) in [5, 5.41) is 2.92. The average molecular weight is 321 g/mol. The molecule has 2 aromatic carbocycles. The van der Waals surface area contributed by atoms with Crippen molar-refractivity contribution in [2.75, 3.05) is 6.54 Å². The Morgan fingerprint density at radius 3 is 2.54 bits per heavy atom. The molecule has 4 rings (SSSR count). The van der Waals surface area contributed by atoms with Gasteiger partial charge in [-0.1, -0.05) is 29.8 Å². The second kappa shape index (κ2) is 5.59. The average Bonchev–Trinajstić information content (AvgIpc) is 2.56. The molecule has 0 aromatic heterocycles. The van der Waals surface area contributed by atoms with Crippen molar-refractivity contribution < 1.29 is 9.18 Å². The normalized spacial score (nSPS) is 19.6. The van der Waals surface area contributed by atoms with Gasteiger partial charge in [0.15, 0.2) is 0 Å². The van der Waals surface area contributed by atoms with Crippen LogP contribution in [-0.2, 0) is 11.2 Å². The van der Waals surface area contributed by atoms with Crippen molar-refractivity contribution >= 4 is 11.5 Å². The summed E-state index contributed by atoms with van der Waals surface area (Å²) in [5.41, 5.74) is 6.99. The fourth-order valence-corrected chi connectivity index (χ4v) is 4.04. The SMILES string of the molecule is CC1=C2C(=O)NCCC2Cc2c1cc(F)cc2-c1ccc(C)cc1. The Labute approximate surface area is 141 Å². The molecule has 0 spiro atoms. The predicted molar refractivity (Wildman–Crippen MR) is 94.0 cm³/mol. The minimum Gasteiger partial charge on any atom is -0.352 e. The van der Waals surface area contributed by atoms with Crippen molar-refractivity contribution in [1.82, 2.24) is 5.32 Å². The highest BCUT2D eigenvalue weighted by atomic mass is 19.1. The number of nitrogens with one attached hydrogen (secondary N) is 1. The van der Waals surface area contributed by atoms with Gasteiger partial charge in [0.25, 0.3) is 0 Å². The monoisotopic (exact) mass is 321 g/mol. The summed E-state index contributed by atoms with van der Waals surface area (Å²) in [6.45, 7) is 4.71. The van der Waals surface area contributed by atoms with Crippen LogP contribution >= 0.6 is 0 Å². The van der Waals surface area contributed by atoms with Crippen molar-refractivity contribution in [1.29, 1.82) is 0 Å². The van der Waals surface area contributed by atoms with Gasteiger partial charge in [-0.05, 0) is 72.6 Å². The number of carbonyl (C=O) groups is 1. The number of allylic oxidation sites excluding steroid dienone is 1. The van der Waals surface area contributed by atoms with Gasteiger partial charge in [0, 0.05) is 12.1 Å². The molecule has 0 saturated carbocycles. The minimum absolute atomic E-state index is 0.00977. The van der Waals surface area contributed by atoms with Crippen molar-refractivity contribution in [3.63, 3.8) is 0 Å². The maximum absolute atomic E-state index is 14.3. The van der Waals surface area contributed by atoms with Crippen LogP contribution in [0.3, 0.4) is 0 Å². The number of aryl methyl sites for hydroxylation is 1. The standard InChI is InChI=1S/C21H20FNO/c1-12-3-5-14(6-4-12)18-11-16(22)10-17-13(2)20-15(9-19(17)18)7-8-23-21(20)24/h3-6,10-11,15H,7-9H2,1-2H3,(H,23,24).